The summed E-state index contributed by atoms with van der Waals surface area (Å²) in [5.74, 6) is -6.57. The lowest BCUT2D eigenvalue weighted by atomic mass is 10.2. The quantitative estimate of drug-likeness (QED) is 0.620. The van der Waals surface area contributed by atoms with E-state index in [1.54, 1.807) is 0 Å². The van der Waals surface area contributed by atoms with Gasteiger partial charge >= 0.3 is 17.9 Å². The van der Waals surface area contributed by atoms with Gasteiger partial charge in [-0.15, -0.1) is 0 Å². The van der Waals surface area contributed by atoms with Crippen LogP contribution in [-0.4, -0.2) is 41.8 Å². The molecule has 0 spiro atoms. The van der Waals surface area contributed by atoms with Gasteiger partial charge in [0.05, 0.1) is 0 Å². The number of halogens is 2. The predicted octanol–water partition coefficient (Wildman–Crippen LogP) is -0.529. The zero-order valence-corrected chi connectivity index (χ0v) is 7.20. The van der Waals surface area contributed by atoms with Crippen LogP contribution in [0.15, 0.2) is 0 Å². The Morgan fingerprint density at radius 2 is 2.29 bits per heavy atom. The van der Waals surface area contributed by atoms with Crippen molar-refractivity contribution in [2.75, 3.05) is 6.61 Å². The van der Waals surface area contributed by atoms with Gasteiger partial charge in [-0.25, -0.2) is 9.59 Å². The van der Waals surface area contributed by atoms with Crippen LogP contribution in [0.5, 0.6) is 0 Å². The Hall–Kier alpha value is -1.24. The van der Waals surface area contributed by atoms with E-state index in [0.717, 1.165) is 0 Å². The fourth-order valence-corrected chi connectivity index (χ4v) is 0.840. The second kappa shape index (κ2) is 3.49. The number of esters is 2. The molecule has 0 radical (unpaired) electrons. The van der Waals surface area contributed by atoms with Crippen LogP contribution in [0, 0.1) is 0 Å². The Kier molecular flexibility index (Phi) is 2.70. The molecule has 0 saturated carbocycles. The summed E-state index contributed by atoms with van der Waals surface area (Å²) in [6, 6.07) is 0. The minimum Gasteiger partial charge on any atom is -0.460 e. The Balaban J connectivity index is 2.60. The lowest BCUT2D eigenvalue weighted by molar-refractivity contribution is -0.181. The van der Waals surface area contributed by atoms with Gasteiger partial charge in [-0.3, -0.25) is 0 Å². The van der Waals surface area contributed by atoms with E-state index in [4.69, 9.17) is 5.11 Å². The SMILES string of the molecule is CC(F)(F)C(=O)OC1C(=O)OCC1O. The van der Waals surface area contributed by atoms with Crippen LogP contribution < -0.4 is 0 Å². The van der Waals surface area contributed by atoms with Gasteiger partial charge in [0.2, 0.25) is 6.10 Å². The molecule has 2 unspecified atom stereocenters. The summed E-state index contributed by atoms with van der Waals surface area (Å²) in [5.41, 5.74) is 0. The average Bonchev–Trinajstić information content (AvgIpc) is 2.34. The number of carbonyl (C=O) groups is 2. The van der Waals surface area contributed by atoms with E-state index in [0.29, 0.717) is 6.92 Å². The van der Waals surface area contributed by atoms with Crippen LogP contribution in [0.4, 0.5) is 8.78 Å². The van der Waals surface area contributed by atoms with Crippen molar-refractivity contribution < 1.29 is 33.0 Å². The molecule has 0 aromatic carbocycles. The van der Waals surface area contributed by atoms with E-state index in [2.05, 4.69) is 9.47 Å². The molecular formula is C7H8F2O5. The van der Waals surface area contributed by atoms with Crippen molar-refractivity contribution in [2.45, 2.75) is 25.1 Å². The number of ether oxygens (including phenoxy) is 2. The first-order valence-electron chi connectivity index (χ1n) is 3.76. The van der Waals surface area contributed by atoms with Crippen LogP contribution in [0.25, 0.3) is 0 Å². The Morgan fingerprint density at radius 1 is 1.71 bits per heavy atom. The Bertz CT molecular complexity index is 259. The number of aliphatic hydroxyl groups is 1. The molecule has 0 bridgehead atoms. The average molecular weight is 210 g/mol. The van der Waals surface area contributed by atoms with Crippen molar-refractivity contribution in [3.8, 4) is 0 Å². The molecule has 1 fully saturated rings. The highest BCUT2D eigenvalue weighted by Gasteiger charge is 2.44. The lowest BCUT2D eigenvalue weighted by Crippen LogP contribution is -2.38. The zero-order valence-electron chi connectivity index (χ0n) is 7.20. The summed E-state index contributed by atoms with van der Waals surface area (Å²) in [5, 5.41) is 9.01. The van der Waals surface area contributed by atoms with E-state index < -0.39 is 30.1 Å². The predicted molar refractivity (Wildman–Crippen MR) is 37.5 cm³/mol. The Labute approximate surface area is 77.6 Å². The van der Waals surface area contributed by atoms with E-state index in [-0.39, 0.29) is 6.61 Å². The van der Waals surface area contributed by atoms with Crippen LogP contribution in [0.3, 0.4) is 0 Å². The molecule has 1 N–H and O–H groups in total. The molecule has 14 heavy (non-hydrogen) atoms. The molecule has 0 amide bonds. The largest absolute Gasteiger partial charge is 0.460 e. The first kappa shape index (κ1) is 10.8. The maximum atomic E-state index is 12.3. The van der Waals surface area contributed by atoms with E-state index in [1.165, 1.54) is 0 Å². The minimum atomic E-state index is -3.69. The highest BCUT2D eigenvalue weighted by Crippen LogP contribution is 2.18. The number of alkyl halides is 2. The zero-order chi connectivity index (χ0) is 10.9. The van der Waals surface area contributed by atoms with Crippen LogP contribution >= 0.6 is 0 Å². The van der Waals surface area contributed by atoms with Gasteiger partial charge in [0.15, 0.2) is 0 Å². The van der Waals surface area contributed by atoms with Crippen molar-refractivity contribution in [3.05, 3.63) is 0 Å². The molecule has 0 aromatic heterocycles. The third kappa shape index (κ3) is 2.16. The van der Waals surface area contributed by atoms with Gasteiger partial charge < -0.3 is 14.6 Å². The molecule has 2 atom stereocenters. The van der Waals surface area contributed by atoms with Crippen molar-refractivity contribution in [3.63, 3.8) is 0 Å². The summed E-state index contributed by atoms with van der Waals surface area (Å²) >= 11 is 0. The fraction of sp³-hybridized carbons (Fsp3) is 0.714. The topological polar surface area (TPSA) is 72.8 Å². The molecule has 1 heterocycles. The number of carbonyl (C=O) groups excluding carboxylic acids is 2. The molecule has 7 heteroatoms. The summed E-state index contributed by atoms with van der Waals surface area (Å²) in [6.07, 6.45) is -3.03. The van der Waals surface area contributed by atoms with E-state index >= 15 is 0 Å². The highest BCUT2D eigenvalue weighted by molar-refractivity contribution is 5.84. The number of cyclic esters (lactones) is 1. The van der Waals surface area contributed by atoms with E-state index in [1.807, 2.05) is 0 Å². The van der Waals surface area contributed by atoms with Gasteiger partial charge in [0.1, 0.15) is 12.7 Å². The van der Waals surface area contributed by atoms with Crippen LogP contribution in [0.2, 0.25) is 0 Å². The second-order valence-corrected chi connectivity index (χ2v) is 2.91. The summed E-state index contributed by atoms with van der Waals surface area (Å²) in [4.78, 5) is 21.4. The van der Waals surface area contributed by atoms with Gasteiger partial charge in [-0.2, -0.15) is 8.78 Å². The molecule has 1 aliphatic heterocycles. The molecular weight excluding hydrogens is 202 g/mol. The fourth-order valence-electron chi connectivity index (χ4n) is 0.840. The van der Waals surface area contributed by atoms with Crippen LogP contribution in [-0.2, 0) is 19.1 Å². The maximum Gasteiger partial charge on any atom is 0.377 e. The molecule has 5 nitrogen and oxygen atoms in total. The third-order valence-corrected chi connectivity index (χ3v) is 1.57. The summed E-state index contributed by atoms with van der Waals surface area (Å²) in [6.45, 7) is -0.0198. The van der Waals surface area contributed by atoms with Gasteiger partial charge in [-0.1, -0.05) is 0 Å². The number of rotatable bonds is 2. The third-order valence-electron chi connectivity index (χ3n) is 1.57. The summed E-state index contributed by atoms with van der Waals surface area (Å²) in [7, 11) is 0. The van der Waals surface area contributed by atoms with Crippen molar-refractivity contribution >= 4 is 11.9 Å². The van der Waals surface area contributed by atoms with Crippen molar-refractivity contribution in [2.24, 2.45) is 0 Å². The van der Waals surface area contributed by atoms with Gasteiger partial charge in [-0.05, 0) is 0 Å². The highest BCUT2D eigenvalue weighted by atomic mass is 19.3. The maximum absolute atomic E-state index is 12.3. The smallest absolute Gasteiger partial charge is 0.377 e. The number of hydrogen-bond donors (Lipinski definition) is 1. The first-order valence-corrected chi connectivity index (χ1v) is 3.76. The molecule has 1 rings (SSSR count). The van der Waals surface area contributed by atoms with E-state index in [9.17, 15) is 18.4 Å². The Morgan fingerprint density at radius 3 is 2.64 bits per heavy atom. The molecule has 0 aliphatic carbocycles. The molecule has 0 aromatic rings. The molecule has 1 saturated heterocycles. The van der Waals surface area contributed by atoms with Crippen molar-refractivity contribution in [1.82, 2.24) is 0 Å². The standard InChI is InChI=1S/C7H8F2O5/c1-7(8,9)6(12)14-4-3(10)2-13-5(4)11/h3-4,10H,2H2,1H3. The second-order valence-electron chi connectivity index (χ2n) is 2.91. The summed E-state index contributed by atoms with van der Waals surface area (Å²) < 4.78 is 33.0. The first-order chi connectivity index (χ1) is 6.32. The lowest BCUT2D eigenvalue weighted by Gasteiger charge is -2.14. The number of hydrogen-bond acceptors (Lipinski definition) is 5. The van der Waals surface area contributed by atoms with Crippen LogP contribution in [0.1, 0.15) is 6.92 Å². The number of aliphatic hydroxyl groups excluding tert-OH is 1. The minimum absolute atomic E-state index is 0.335. The van der Waals surface area contributed by atoms with Gasteiger partial charge in [0, 0.05) is 6.92 Å². The van der Waals surface area contributed by atoms with Gasteiger partial charge in [0.25, 0.3) is 0 Å². The monoisotopic (exact) mass is 210 g/mol. The van der Waals surface area contributed by atoms with Crippen molar-refractivity contribution in [1.29, 1.82) is 0 Å². The molecule has 80 valence electrons. The molecule has 1 aliphatic rings. The normalized spacial score (nSPS) is 27.3.